The van der Waals surface area contributed by atoms with Crippen LogP contribution in [0.2, 0.25) is 0 Å². The number of nitrogens with zero attached hydrogens (tertiary/aromatic N) is 4. The van der Waals surface area contributed by atoms with Crippen LogP contribution in [0.25, 0.3) is 0 Å². The monoisotopic (exact) mass is 278 g/mol. The first-order chi connectivity index (χ1) is 9.33. The molecule has 3 rings (SSSR count). The first-order valence-corrected chi connectivity index (χ1v) is 7.08. The Morgan fingerprint density at radius 3 is 3.21 bits per heavy atom. The minimum Gasteiger partial charge on any atom is -0.350 e. The van der Waals surface area contributed by atoms with Gasteiger partial charge >= 0.3 is 0 Å². The maximum Gasteiger partial charge on any atom is 0.230 e. The molecule has 2 aromatic heterocycles. The van der Waals surface area contributed by atoms with Crippen molar-refractivity contribution in [2.24, 2.45) is 0 Å². The van der Waals surface area contributed by atoms with E-state index >= 15 is 0 Å². The van der Waals surface area contributed by atoms with E-state index in [0.717, 1.165) is 10.9 Å². The third kappa shape index (κ3) is 3.14. The Balaban J connectivity index is 1.46. The van der Waals surface area contributed by atoms with E-state index in [1.807, 2.05) is 4.57 Å². The van der Waals surface area contributed by atoms with Crippen molar-refractivity contribution in [3.63, 3.8) is 0 Å². The third-order valence-electron chi connectivity index (χ3n) is 2.84. The molecule has 2 heterocycles. The van der Waals surface area contributed by atoms with Gasteiger partial charge in [-0.2, -0.15) is 0 Å². The molecule has 0 bridgehead atoms. The van der Waals surface area contributed by atoms with Gasteiger partial charge in [-0.25, -0.2) is 4.98 Å². The minimum atomic E-state index is -0.0232. The number of carbonyl (C=O) groups excluding carboxylic acids is 1. The summed E-state index contributed by atoms with van der Waals surface area (Å²) in [5.74, 6) is 0.324. The summed E-state index contributed by atoms with van der Waals surface area (Å²) in [4.78, 5) is 18.5. The highest BCUT2D eigenvalue weighted by Gasteiger charge is 2.26. The van der Waals surface area contributed by atoms with Gasteiger partial charge < -0.3 is 14.9 Å². The smallest absolute Gasteiger partial charge is 0.230 e. The predicted octanol–water partition coefficient (Wildman–Crippen LogP) is 0.745. The molecule has 1 saturated carbocycles. The number of aromatic nitrogens is 5. The lowest BCUT2D eigenvalue weighted by Gasteiger charge is -2.05. The van der Waals surface area contributed by atoms with E-state index in [1.54, 1.807) is 18.9 Å². The Kier molecular flexibility index (Phi) is 3.49. The van der Waals surface area contributed by atoms with E-state index in [9.17, 15) is 4.79 Å². The first kappa shape index (κ1) is 12.2. The summed E-state index contributed by atoms with van der Waals surface area (Å²) < 4.78 is 2.05. The zero-order valence-corrected chi connectivity index (χ0v) is 11.1. The topological polar surface area (TPSA) is 88.5 Å². The lowest BCUT2D eigenvalue weighted by molar-refractivity contribution is -0.118. The van der Waals surface area contributed by atoms with Gasteiger partial charge in [-0.3, -0.25) is 4.79 Å². The average Bonchev–Trinajstić information content (AvgIpc) is 2.94. The second-order valence-electron chi connectivity index (χ2n) is 4.39. The summed E-state index contributed by atoms with van der Waals surface area (Å²) in [6.45, 7) is 0.467. The number of hydrogen-bond acceptors (Lipinski definition) is 5. The molecule has 1 fully saturated rings. The minimum absolute atomic E-state index is 0.0232. The van der Waals surface area contributed by atoms with Gasteiger partial charge in [0.1, 0.15) is 6.33 Å². The van der Waals surface area contributed by atoms with Gasteiger partial charge in [-0.15, -0.1) is 10.2 Å². The van der Waals surface area contributed by atoms with Crippen molar-refractivity contribution in [2.75, 3.05) is 5.75 Å². The van der Waals surface area contributed by atoms with Gasteiger partial charge in [0.15, 0.2) is 5.16 Å². The van der Waals surface area contributed by atoms with Crippen LogP contribution < -0.4 is 5.32 Å². The van der Waals surface area contributed by atoms with E-state index in [4.69, 9.17) is 0 Å². The normalized spacial score (nSPS) is 14.5. The van der Waals surface area contributed by atoms with Gasteiger partial charge in [-0.1, -0.05) is 11.8 Å². The van der Waals surface area contributed by atoms with Crippen LogP contribution in [-0.2, 0) is 11.3 Å². The molecule has 0 aliphatic heterocycles. The zero-order chi connectivity index (χ0) is 13.1. The van der Waals surface area contributed by atoms with E-state index in [0.29, 0.717) is 18.3 Å². The van der Waals surface area contributed by atoms with E-state index < -0.39 is 0 Å². The average molecular weight is 278 g/mol. The number of thioether (sulfide) groups is 1. The van der Waals surface area contributed by atoms with Crippen LogP contribution in [0, 0.1) is 0 Å². The highest BCUT2D eigenvalue weighted by Crippen LogP contribution is 2.37. The van der Waals surface area contributed by atoms with Crippen molar-refractivity contribution in [1.29, 1.82) is 0 Å². The fourth-order valence-electron chi connectivity index (χ4n) is 1.69. The molecule has 19 heavy (non-hydrogen) atoms. The van der Waals surface area contributed by atoms with Gasteiger partial charge in [0.25, 0.3) is 0 Å². The number of rotatable bonds is 6. The number of imidazole rings is 1. The summed E-state index contributed by atoms with van der Waals surface area (Å²) in [5.41, 5.74) is 0.888. The molecule has 1 aliphatic carbocycles. The van der Waals surface area contributed by atoms with Crippen molar-refractivity contribution in [3.05, 3.63) is 24.5 Å². The molecule has 2 N–H and O–H groups in total. The molecule has 0 radical (unpaired) electrons. The molecular weight excluding hydrogens is 264 g/mol. The molecule has 0 unspecified atom stereocenters. The predicted molar refractivity (Wildman–Crippen MR) is 69.5 cm³/mol. The quantitative estimate of drug-likeness (QED) is 0.761. The molecule has 0 atom stereocenters. The van der Waals surface area contributed by atoms with Crippen LogP contribution in [0.4, 0.5) is 0 Å². The summed E-state index contributed by atoms with van der Waals surface area (Å²) >= 11 is 1.42. The Bertz CT molecular complexity index is 547. The second kappa shape index (κ2) is 5.43. The van der Waals surface area contributed by atoms with E-state index in [-0.39, 0.29) is 5.91 Å². The lowest BCUT2D eigenvalue weighted by atomic mass is 10.5. The fourth-order valence-corrected chi connectivity index (χ4v) is 2.51. The van der Waals surface area contributed by atoms with Crippen LogP contribution in [0.1, 0.15) is 24.6 Å². The fraction of sp³-hybridized carbons (Fsp3) is 0.455. The molecule has 8 heteroatoms. The largest absolute Gasteiger partial charge is 0.350 e. The lowest BCUT2D eigenvalue weighted by Crippen LogP contribution is -2.24. The molecule has 1 aliphatic rings. The van der Waals surface area contributed by atoms with Crippen molar-refractivity contribution >= 4 is 17.7 Å². The number of aromatic amines is 1. The molecule has 2 aromatic rings. The highest BCUT2D eigenvalue weighted by atomic mass is 32.2. The van der Waals surface area contributed by atoms with Gasteiger partial charge in [0.2, 0.25) is 5.91 Å². The summed E-state index contributed by atoms with van der Waals surface area (Å²) in [5, 5.41) is 11.6. The molecule has 7 nitrogen and oxygen atoms in total. The standard InChI is InChI=1S/C11H14N6OS/c18-10(13-4-8-3-12-6-14-8)5-19-11-16-15-7-17(11)9-1-2-9/h3,6-7,9H,1-2,4-5H2,(H,12,14)(H,13,18). The number of H-pyrrole nitrogens is 1. The molecule has 0 spiro atoms. The van der Waals surface area contributed by atoms with Crippen LogP contribution in [0.5, 0.6) is 0 Å². The first-order valence-electron chi connectivity index (χ1n) is 6.09. The Morgan fingerprint density at radius 1 is 1.58 bits per heavy atom. The third-order valence-corrected chi connectivity index (χ3v) is 3.80. The van der Waals surface area contributed by atoms with E-state index in [1.165, 1.54) is 24.6 Å². The van der Waals surface area contributed by atoms with Crippen molar-refractivity contribution in [2.45, 2.75) is 30.6 Å². The Morgan fingerprint density at radius 2 is 2.47 bits per heavy atom. The van der Waals surface area contributed by atoms with E-state index in [2.05, 4.69) is 25.5 Å². The molecule has 0 aromatic carbocycles. The van der Waals surface area contributed by atoms with Gasteiger partial charge in [-0.05, 0) is 12.8 Å². The number of nitrogens with one attached hydrogen (secondary N) is 2. The van der Waals surface area contributed by atoms with Crippen molar-refractivity contribution < 1.29 is 4.79 Å². The van der Waals surface area contributed by atoms with Crippen molar-refractivity contribution in [1.82, 2.24) is 30.0 Å². The Hall–Kier alpha value is -1.83. The SMILES string of the molecule is O=C(CSc1nncn1C1CC1)NCc1cnc[nH]1. The van der Waals surface area contributed by atoms with Crippen LogP contribution in [-0.4, -0.2) is 36.4 Å². The van der Waals surface area contributed by atoms with Crippen molar-refractivity contribution in [3.8, 4) is 0 Å². The molecular formula is C11H14N6OS. The summed E-state index contributed by atoms with van der Waals surface area (Å²) in [7, 11) is 0. The highest BCUT2D eigenvalue weighted by molar-refractivity contribution is 7.99. The second-order valence-corrected chi connectivity index (χ2v) is 5.34. The van der Waals surface area contributed by atoms with Gasteiger partial charge in [0, 0.05) is 12.2 Å². The molecule has 0 saturated heterocycles. The summed E-state index contributed by atoms with van der Waals surface area (Å²) in [6.07, 6.45) is 7.38. The molecule has 1 amide bonds. The van der Waals surface area contributed by atoms with Crippen LogP contribution in [0.3, 0.4) is 0 Å². The van der Waals surface area contributed by atoms with Crippen LogP contribution >= 0.6 is 11.8 Å². The van der Waals surface area contributed by atoms with Crippen LogP contribution in [0.15, 0.2) is 24.0 Å². The zero-order valence-electron chi connectivity index (χ0n) is 10.2. The van der Waals surface area contributed by atoms with Gasteiger partial charge in [0.05, 0.1) is 24.3 Å². The Labute approximate surface area is 114 Å². The maximum absolute atomic E-state index is 11.7. The molecule has 100 valence electrons. The number of hydrogen-bond donors (Lipinski definition) is 2. The number of carbonyl (C=O) groups is 1. The summed E-state index contributed by atoms with van der Waals surface area (Å²) in [6, 6.07) is 0.533. The number of amides is 1. The maximum atomic E-state index is 11.7.